The Balaban J connectivity index is 1.70. The molecule has 0 atom stereocenters. The van der Waals surface area contributed by atoms with Crippen molar-refractivity contribution in [1.29, 1.82) is 0 Å². The summed E-state index contributed by atoms with van der Waals surface area (Å²) in [4.78, 5) is 18.7. The Bertz CT molecular complexity index is 994. The van der Waals surface area contributed by atoms with E-state index in [1.54, 1.807) is 12.1 Å². The highest BCUT2D eigenvalue weighted by Crippen LogP contribution is 2.26. The number of aromatic nitrogens is 2. The maximum Gasteiger partial charge on any atom is 0.185 e. The third-order valence-electron chi connectivity index (χ3n) is 3.82. The van der Waals surface area contributed by atoms with Crippen molar-refractivity contribution < 1.29 is 9.21 Å². The number of nitrogens with zero attached hydrogens (tertiary/aromatic N) is 1. The molecule has 4 rings (SSSR count). The molecule has 0 saturated carbocycles. The van der Waals surface area contributed by atoms with Gasteiger partial charge in [-0.3, -0.25) is 4.79 Å². The van der Waals surface area contributed by atoms with E-state index in [4.69, 9.17) is 4.42 Å². The minimum absolute atomic E-state index is 0.330. The molecule has 0 unspecified atom stereocenters. The molecule has 112 valence electrons. The molecule has 0 aliphatic carbocycles. The van der Waals surface area contributed by atoms with Gasteiger partial charge in [0.25, 0.3) is 0 Å². The maximum absolute atomic E-state index is 10.7. The fourth-order valence-electron chi connectivity index (χ4n) is 2.62. The van der Waals surface area contributed by atoms with Gasteiger partial charge in [0.05, 0.1) is 11.0 Å². The van der Waals surface area contributed by atoms with Crippen molar-refractivity contribution in [3.8, 4) is 22.7 Å². The van der Waals surface area contributed by atoms with Crippen LogP contribution in [0.5, 0.6) is 0 Å². The summed E-state index contributed by atoms with van der Waals surface area (Å²) in [7, 11) is 0. The Kier molecular flexibility index (Phi) is 3.08. The van der Waals surface area contributed by atoms with Crippen LogP contribution in [0.3, 0.4) is 0 Å². The molecule has 2 heterocycles. The van der Waals surface area contributed by atoms with Crippen LogP contribution in [0.1, 0.15) is 16.1 Å². The summed E-state index contributed by atoms with van der Waals surface area (Å²) in [5, 5.41) is 0. The van der Waals surface area contributed by atoms with Gasteiger partial charge in [0.15, 0.2) is 12.0 Å². The lowest BCUT2D eigenvalue weighted by molar-refractivity contribution is 0.110. The number of H-pyrrole nitrogens is 1. The van der Waals surface area contributed by atoms with Gasteiger partial charge in [-0.05, 0) is 36.8 Å². The topological polar surface area (TPSA) is 58.9 Å². The Labute approximate surface area is 132 Å². The number of fused-ring (bicyclic) bond motifs is 1. The van der Waals surface area contributed by atoms with E-state index >= 15 is 0 Å². The SMILES string of the molecule is Cc1ccc2nc(-c3ccc(-c4ccc(C=O)o4)cc3)[nH]c2c1. The molecule has 0 spiro atoms. The highest BCUT2D eigenvalue weighted by Gasteiger charge is 2.08. The minimum Gasteiger partial charge on any atom is -0.453 e. The number of furan rings is 1. The second-order valence-corrected chi connectivity index (χ2v) is 5.50. The minimum atomic E-state index is 0.330. The van der Waals surface area contributed by atoms with Crippen LogP contribution in [0.25, 0.3) is 33.7 Å². The number of benzene rings is 2. The van der Waals surface area contributed by atoms with Crippen molar-refractivity contribution in [2.45, 2.75) is 6.92 Å². The monoisotopic (exact) mass is 302 g/mol. The van der Waals surface area contributed by atoms with Gasteiger partial charge in [0.1, 0.15) is 11.6 Å². The van der Waals surface area contributed by atoms with Crippen molar-refractivity contribution in [3.63, 3.8) is 0 Å². The van der Waals surface area contributed by atoms with E-state index in [0.29, 0.717) is 17.8 Å². The van der Waals surface area contributed by atoms with Gasteiger partial charge in [-0.2, -0.15) is 0 Å². The summed E-state index contributed by atoms with van der Waals surface area (Å²) in [6.45, 7) is 2.06. The molecule has 2 aromatic carbocycles. The molecule has 2 aromatic heterocycles. The number of carbonyl (C=O) groups excluding carboxylic acids is 1. The zero-order chi connectivity index (χ0) is 15.8. The van der Waals surface area contributed by atoms with E-state index in [2.05, 4.69) is 29.0 Å². The van der Waals surface area contributed by atoms with Crippen molar-refractivity contribution in [2.75, 3.05) is 0 Å². The first-order valence-corrected chi connectivity index (χ1v) is 7.35. The Morgan fingerprint density at radius 3 is 2.52 bits per heavy atom. The maximum atomic E-state index is 10.7. The molecule has 0 saturated heterocycles. The summed E-state index contributed by atoms with van der Waals surface area (Å²) in [5.74, 6) is 1.85. The second kappa shape index (κ2) is 5.25. The lowest BCUT2D eigenvalue weighted by atomic mass is 10.1. The van der Waals surface area contributed by atoms with E-state index in [1.807, 2.05) is 30.3 Å². The number of aldehydes is 1. The van der Waals surface area contributed by atoms with Crippen LogP contribution in [0, 0.1) is 6.92 Å². The van der Waals surface area contributed by atoms with E-state index < -0.39 is 0 Å². The van der Waals surface area contributed by atoms with Gasteiger partial charge in [0.2, 0.25) is 0 Å². The lowest BCUT2D eigenvalue weighted by Gasteiger charge is -1.99. The van der Waals surface area contributed by atoms with Crippen molar-refractivity contribution in [2.24, 2.45) is 0 Å². The highest BCUT2D eigenvalue weighted by molar-refractivity contribution is 5.80. The van der Waals surface area contributed by atoms with Crippen molar-refractivity contribution in [3.05, 3.63) is 65.9 Å². The fraction of sp³-hybridized carbons (Fsp3) is 0.0526. The first-order valence-electron chi connectivity index (χ1n) is 7.35. The molecular formula is C19H14N2O2. The van der Waals surface area contributed by atoms with Gasteiger partial charge < -0.3 is 9.40 Å². The van der Waals surface area contributed by atoms with Crippen LogP contribution in [-0.2, 0) is 0 Å². The summed E-state index contributed by atoms with van der Waals surface area (Å²) in [6.07, 6.45) is 0.703. The molecule has 1 N–H and O–H groups in total. The number of hydrogen-bond acceptors (Lipinski definition) is 3. The molecule has 0 aliphatic heterocycles. The van der Waals surface area contributed by atoms with Crippen LogP contribution < -0.4 is 0 Å². The number of aryl methyl sites for hydroxylation is 1. The summed E-state index contributed by atoms with van der Waals surface area (Å²) < 4.78 is 5.43. The average molecular weight is 302 g/mol. The zero-order valence-corrected chi connectivity index (χ0v) is 12.5. The standard InChI is InChI=1S/C19H14N2O2/c1-12-2-8-16-17(10-12)21-19(20-16)14-5-3-13(4-6-14)18-9-7-15(11-22)23-18/h2-11H,1H3,(H,20,21). The number of imidazole rings is 1. The molecular weight excluding hydrogens is 288 g/mol. The number of aromatic amines is 1. The molecule has 23 heavy (non-hydrogen) atoms. The number of hydrogen-bond donors (Lipinski definition) is 1. The number of nitrogens with one attached hydrogen (secondary N) is 1. The third kappa shape index (κ3) is 2.44. The molecule has 4 heteroatoms. The second-order valence-electron chi connectivity index (χ2n) is 5.50. The Morgan fingerprint density at radius 1 is 1.00 bits per heavy atom. The van der Waals surface area contributed by atoms with E-state index in [0.717, 1.165) is 28.0 Å². The average Bonchev–Trinajstić information content (AvgIpc) is 3.21. The first-order chi connectivity index (χ1) is 11.2. The Hall–Kier alpha value is -3.14. The molecule has 0 aliphatic rings. The summed E-state index contributed by atoms with van der Waals surface area (Å²) in [6, 6.07) is 17.5. The van der Waals surface area contributed by atoms with Crippen molar-refractivity contribution >= 4 is 17.3 Å². The fourth-order valence-corrected chi connectivity index (χ4v) is 2.62. The predicted molar refractivity (Wildman–Crippen MR) is 89.4 cm³/mol. The van der Waals surface area contributed by atoms with Crippen LogP contribution >= 0.6 is 0 Å². The summed E-state index contributed by atoms with van der Waals surface area (Å²) in [5.41, 5.74) is 5.12. The molecule has 0 fully saturated rings. The molecule has 4 nitrogen and oxygen atoms in total. The largest absolute Gasteiger partial charge is 0.453 e. The number of carbonyl (C=O) groups is 1. The van der Waals surface area contributed by atoms with Crippen LogP contribution in [-0.4, -0.2) is 16.3 Å². The van der Waals surface area contributed by atoms with Gasteiger partial charge in [0, 0.05) is 11.1 Å². The molecule has 4 aromatic rings. The number of rotatable bonds is 3. The van der Waals surface area contributed by atoms with Crippen molar-refractivity contribution in [1.82, 2.24) is 9.97 Å². The van der Waals surface area contributed by atoms with E-state index in [-0.39, 0.29) is 0 Å². The van der Waals surface area contributed by atoms with Gasteiger partial charge >= 0.3 is 0 Å². The highest BCUT2D eigenvalue weighted by atomic mass is 16.3. The van der Waals surface area contributed by atoms with E-state index in [1.165, 1.54) is 5.56 Å². The lowest BCUT2D eigenvalue weighted by Crippen LogP contribution is -1.81. The summed E-state index contributed by atoms with van der Waals surface area (Å²) >= 11 is 0. The Morgan fingerprint density at radius 2 is 1.78 bits per heavy atom. The van der Waals surface area contributed by atoms with Gasteiger partial charge in [-0.15, -0.1) is 0 Å². The molecule has 0 radical (unpaired) electrons. The first kappa shape index (κ1) is 13.5. The molecule has 0 bridgehead atoms. The van der Waals surface area contributed by atoms with Gasteiger partial charge in [-0.25, -0.2) is 4.98 Å². The van der Waals surface area contributed by atoms with Crippen LogP contribution in [0.4, 0.5) is 0 Å². The smallest absolute Gasteiger partial charge is 0.185 e. The molecule has 0 amide bonds. The van der Waals surface area contributed by atoms with Crippen LogP contribution in [0.2, 0.25) is 0 Å². The zero-order valence-electron chi connectivity index (χ0n) is 12.5. The predicted octanol–water partition coefficient (Wildman–Crippen LogP) is 4.61. The van der Waals surface area contributed by atoms with Crippen LogP contribution in [0.15, 0.2) is 59.0 Å². The quantitative estimate of drug-likeness (QED) is 0.562. The normalized spacial score (nSPS) is 11.0. The third-order valence-corrected chi connectivity index (χ3v) is 3.82. The van der Waals surface area contributed by atoms with E-state index in [9.17, 15) is 4.79 Å². The van der Waals surface area contributed by atoms with Gasteiger partial charge in [-0.1, -0.05) is 30.3 Å².